The molecule has 0 saturated carbocycles. The Morgan fingerprint density at radius 1 is 1.40 bits per heavy atom. The zero-order chi connectivity index (χ0) is 14.5. The summed E-state index contributed by atoms with van der Waals surface area (Å²) >= 11 is 0. The van der Waals surface area contributed by atoms with Crippen LogP contribution >= 0.6 is 0 Å². The lowest BCUT2D eigenvalue weighted by atomic mass is 9.97. The maximum atomic E-state index is 13.4. The molecule has 0 unspecified atom stereocenters. The molecule has 2 rings (SSSR count). The van der Waals surface area contributed by atoms with Crippen molar-refractivity contribution in [2.24, 2.45) is 11.7 Å². The van der Waals surface area contributed by atoms with E-state index in [0.29, 0.717) is 6.54 Å². The van der Waals surface area contributed by atoms with E-state index in [9.17, 15) is 14.0 Å². The molecule has 3 N–H and O–H groups in total. The maximum absolute atomic E-state index is 13.4. The first-order valence-corrected chi connectivity index (χ1v) is 6.62. The summed E-state index contributed by atoms with van der Waals surface area (Å²) in [6, 6.07) is 6.02. The van der Waals surface area contributed by atoms with E-state index >= 15 is 0 Å². The van der Waals surface area contributed by atoms with Crippen LogP contribution in [0.25, 0.3) is 0 Å². The van der Waals surface area contributed by atoms with E-state index in [2.05, 4.69) is 5.32 Å². The Morgan fingerprint density at radius 2 is 2.15 bits per heavy atom. The number of primary amides is 1. The first-order chi connectivity index (χ1) is 9.56. The van der Waals surface area contributed by atoms with E-state index in [0.717, 1.165) is 19.4 Å². The Balaban J connectivity index is 1.88. The average Bonchev–Trinajstić information content (AvgIpc) is 2.41. The molecule has 20 heavy (non-hydrogen) atoms. The number of piperidine rings is 1. The molecule has 1 fully saturated rings. The van der Waals surface area contributed by atoms with Crippen molar-refractivity contribution in [3.8, 4) is 0 Å². The van der Waals surface area contributed by atoms with Crippen LogP contribution in [0.4, 0.5) is 10.1 Å². The third kappa shape index (κ3) is 3.77. The van der Waals surface area contributed by atoms with Crippen molar-refractivity contribution in [2.45, 2.75) is 12.8 Å². The lowest BCUT2D eigenvalue weighted by Crippen LogP contribution is -2.44. The number of anilines is 1. The van der Waals surface area contributed by atoms with Crippen LogP contribution in [0, 0.1) is 11.7 Å². The van der Waals surface area contributed by atoms with Gasteiger partial charge in [-0.05, 0) is 31.5 Å². The van der Waals surface area contributed by atoms with E-state index in [1.807, 2.05) is 4.90 Å². The molecule has 1 aliphatic rings. The highest BCUT2D eigenvalue weighted by molar-refractivity contribution is 5.92. The molecule has 1 heterocycles. The standard InChI is InChI=1S/C14H18FN3O2/c15-11-5-1-2-6-12(11)17-13(19)9-18-7-3-4-10(8-18)14(16)20/h1-2,5-6,10H,3-4,7-9H2,(H2,16,20)(H,17,19)/t10-/m0/s1. The van der Waals surface area contributed by atoms with Crippen LogP contribution < -0.4 is 11.1 Å². The third-order valence-electron chi connectivity index (χ3n) is 3.42. The molecular formula is C14H18FN3O2. The van der Waals surface area contributed by atoms with Gasteiger partial charge < -0.3 is 11.1 Å². The third-order valence-corrected chi connectivity index (χ3v) is 3.42. The fourth-order valence-electron chi connectivity index (χ4n) is 2.39. The Hall–Kier alpha value is -1.95. The van der Waals surface area contributed by atoms with Crippen LogP contribution in [0.2, 0.25) is 0 Å². The number of nitrogens with zero attached hydrogens (tertiary/aromatic N) is 1. The first kappa shape index (κ1) is 14.5. The van der Waals surface area contributed by atoms with Gasteiger partial charge in [-0.25, -0.2) is 4.39 Å². The quantitative estimate of drug-likeness (QED) is 0.862. The molecule has 108 valence electrons. The predicted octanol–water partition coefficient (Wildman–Crippen LogP) is 0.961. The van der Waals surface area contributed by atoms with E-state index < -0.39 is 5.82 Å². The van der Waals surface area contributed by atoms with Crippen molar-refractivity contribution in [1.29, 1.82) is 0 Å². The molecule has 0 spiro atoms. The van der Waals surface area contributed by atoms with Crippen LogP contribution in [0.15, 0.2) is 24.3 Å². The molecule has 0 radical (unpaired) electrons. The normalized spacial score (nSPS) is 19.6. The molecule has 1 atom stereocenters. The zero-order valence-electron chi connectivity index (χ0n) is 11.1. The van der Waals surface area contributed by atoms with E-state index in [-0.39, 0.29) is 30.0 Å². The second kappa shape index (κ2) is 6.47. The number of likely N-dealkylation sites (tertiary alicyclic amines) is 1. The van der Waals surface area contributed by atoms with E-state index in [4.69, 9.17) is 5.73 Å². The molecule has 5 nitrogen and oxygen atoms in total. The van der Waals surface area contributed by atoms with Crippen LogP contribution in [-0.2, 0) is 9.59 Å². The number of nitrogens with one attached hydrogen (secondary N) is 1. The van der Waals surface area contributed by atoms with Gasteiger partial charge >= 0.3 is 0 Å². The van der Waals surface area contributed by atoms with Crippen molar-refractivity contribution in [3.63, 3.8) is 0 Å². The Morgan fingerprint density at radius 3 is 2.85 bits per heavy atom. The van der Waals surface area contributed by atoms with Gasteiger partial charge in [-0.15, -0.1) is 0 Å². The lowest BCUT2D eigenvalue weighted by Gasteiger charge is -2.30. The molecule has 1 saturated heterocycles. The highest BCUT2D eigenvalue weighted by Crippen LogP contribution is 2.16. The summed E-state index contributed by atoms with van der Waals surface area (Å²) in [5.74, 6) is -1.29. The fourth-order valence-corrected chi connectivity index (χ4v) is 2.39. The Kier molecular flexibility index (Phi) is 4.68. The van der Waals surface area contributed by atoms with Crippen molar-refractivity contribution in [3.05, 3.63) is 30.1 Å². The van der Waals surface area contributed by atoms with Gasteiger partial charge in [0.05, 0.1) is 18.2 Å². The molecule has 0 aliphatic carbocycles. The molecule has 1 aromatic rings. The van der Waals surface area contributed by atoms with E-state index in [1.165, 1.54) is 12.1 Å². The van der Waals surface area contributed by atoms with Gasteiger partial charge in [0.25, 0.3) is 0 Å². The first-order valence-electron chi connectivity index (χ1n) is 6.62. The molecule has 6 heteroatoms. The summed E-state index contributed by atoms with van der Waals surface area (Å²) in [5.41, 5.74) is 5.46. The Labute approximate surface area is 116 Å². The monoisotopic (exact) mass is 279 g/mol. The minimum Gasteiger partial charge on any atom is -0.369 e. The highest BCUT2D eigenvalue weighted by atomic mass is 19.1. The number of amides is 2. The van der Waals surface area contributed by atoms with Crippen molar-refractivity contribution in [1.82, 2.24) is 4.90 Å². The van der Waals surface area contributed by atoms with Crippen LogP contribution in [0.1, 0.15) is 12.8 Å². The van der Waals surface area contributed by atoms with Gasteiger partial charge in [0.1, 0.15) is 5.82 Å². The number of hydrogen-bond acceptors (Lipinski definition) is 3. The topological polar surface area (TPSA) is 75.4 Å². The van der Waals surface area contributed by atoms with Crippen LogP contribution in [0.5, 0.6) is 0 Å². The number of para-hydroxylation sites is 1. The van der Waals surface area contributed by atoms with Crippen LogP contribution in [-0.4, -0.2) is 36.3 Å². The van der Waals surface area contributed by atoms with Gasteiger partial charge in [-0.3, -0.25) is 14.5 Å². The smallest absolute Gasteiger partial charge is 0.238 e. The van der Waals surface area contributed by atoms with Crippen molar-refractivity contribution < 1.29 is 14.0 Å². The number of carbonyl (C=O) groups excluding carboxylic acids is 2. The average molecular weight is 279 g/mol. The number of nitrogens with two attached hydrogens (primary N) is 1. The number of rotatable bonds is 4. The zero-order valence-corrected chi connectivity index (χ0v) is 11.1. The molecule has 0 aromatic heterocycles. The molecular weight excluding hydrogens is 261 g/mol. The summed E-state index contributed by atoms with van der Waals surface area (Å²) in [4.78, 5) is 24.9. The van der Waals surface area contributed by atoms with Gasteiger partial charge in [0.15, 0.2) is 0 Å². The van der Waals surface area contributed by atoms with Gasteiger partial charge in [0, 0.05) is 6.54 Å². The SMILES string of the molecule is NC(=O)[C@H]1CCCN(CC(=O)Nc2ccccc2F)C1. The molecule has 1 aliphatic heterocycles. The van der Waals surface area contributed by atoms with Crippen molar-refractivity contribution in [2.75, 3.05) is 25.0 Å². The lowest BCUT2D eigenvalue weighted by molar-refractivity contribution is -0.125. The predicted molar refractivity (Wildman–Crippen MR) is 73.4 cm³/mol. The van der Waals surface area contributed by atoms with Crippen molar-refractivity contribution >= 4 is 17.5 Å². The molecule has 1 aromatic carbocycles. The summed E-state index contributed by atoms with van der Waals surface area (Å²) in [6.45, 7) is 1.37. The molecule has 0 bridgehead atoms. The van der Waals surface area contributed by atoms with Gasteiger partial charge in [-0.1, -0.05) is 12.1 Å². The fraction of sp³-hybridized carbons (Fsp3) is 0.429. The van der Waals surface area contributed by atoms with Gasteiger partial charge in [-0.2, -0.15) is 0 Å². The number of hydrogen-bond donors (Lipinski definition) is 2. The minimum atomic E-state index is -0.463. The highest BCUT2D eigenvalue weighted by Gasteiger charge is 2.25. The number of benzene rings is 1. The summed E-state index contributed by atoms with van der Waals surface area (Å²) in [6.07, 6.45) is 1.60. The summed E-state index contributed by atoms with van der Waals surface area (Å²) in [5, 5.41) is 2.53. The summed E-state index contributed by atoms with van der Waals surface area (Å²) < 4.78 is 13.4. The second-order valence-electron chi connectivity index (χ2n) is 5.00. The number of halogens is 1. The second-order valence-corrected chi connectivity index (χ2v) is 5.00. The van der Waals surface area contributed by atoms with E-state index in [1.54, 1.807) is 12.1 Å². The Bertz CT molecular complexity index is 507. The largest absolute Gasteiger partial charge is 0.369 e. The summed E-state index contributed by atoms with van der Waals surface area (Å²) in [7, 11) is 0. The minimum absolute atomic E-state index is 0.137. The van der Waals surface area contributed by atoms with Crippen LogP contribution in [0.3, 0.4) is 0 Å². The molecule has 2 amide bonds. The maximum Gasteiger partial charge on any atom is 0.238 e. The number of carbonyl (C=O) groups is 2. The van der Waals surface area contributed by atoms with Gasteiger partial charge in [0.2, 0.25) is 11.8 Å².